The van der Waals surface area contributed by atoms with E-state index in [1.807, 2.05) is 13.0 Å². The molecule has 0 bridgehead atoms. The second-order valence-corrected chi connectivity index (χ2v) is 2.58. The average Bonchev–Trinajstić information content (AvgIpc) is 2.16. The van der Waals surface area contributed by atoms with Crippen molar-refractivity contribution in [2.45, 2.75) is 26.6 Å². The summed E-state index contributed by atoms with van der Waals surface area (Å²) in [7, 11) is 0. The maximum absolute atomic E-state index is 8.93. The van der Waals surface area contributed by atoms with Crippen molar-refractivity contribution in [3.8, 4) is 0 Å². The summed E-state index contributed by atoms with van der Waals surface area (Å²) in [6, 6.07) is 3.67. The van der Waals surface area contributed by atoms with E-state index in [-0.39, 0.29) is 13.2 Å². The molecule has 0 atom stereocenters. The van der Waals surface area contributed by atoms with Crippen LogP contribution in [0, 0.1) is 0 Å². The van der Waals surface area contributed by atoms with Crippen LogP contribution in [0.25, 0.3) is 0 Å². The second kappa shape index (κ2) is 4.18. The van der Waals surface area contributed by atoms with Crippen molar-refractivity contribution in [1.29, 1.82) is 0 Å². The zero-order chi connectivity index (χ0) is 8.97. The van der Waals surface area contributed by atoms with E-state index < -0.39 is 0 Å². The number of rotatable bonds is 3. The van der Waals surface area contributed by atoms with Gasteiger partial charge in [0.1, 0.15) is 0 Å². The van der Waals surface area contributed by atoms with Gasteiger partial charge < -0.3 is 10.2 Å². The van der Waals surface area contributed by atoms with Gasteiger partial charge in [-0.15, -0.1) is 0 Å². The van der Waals surface area contributed by atoms with E-state index in [0.717, 1.165) is 12.0 Å². The molecule has 1 aromatic rings. The third kappa shape index (κ3) is 1.81. The van der Waals surface area contributed by atoms with Gasteiger partial charge in [-0.3, -0.25) is 4.98 Å². The number of nitrogens with zero attached hydrogens (tertiary/aromatic N) is 1. The number of hydrogen-bond donors (Lipinski definition) is 2. The number of aryl methyl sites for hydroxylation is 1. The van der Waals surface area contributed by atoms with Crippen LogP contribution < -0.4 is 0 Å². The summed E-state index contributed by atoms with van der Waals surface area (Å²) in [6.45, 7) is 1.88. The summed E-state index contributed by atoms with van der Waals surface area (Å²) < 4.78 is 0. The smallest absolute Gasteiger partial charge is 0.0855 e. The van der Waals surface area contributed by atoms with E-state index in [9.17, 15) is 0 Å². The van der Waals surface area contributed by atoms with Gasteiger partial charge in [0.05, 0.1) is 24.6 Å². The highest BCUT2D eigenvalue weighted by molar-refractivity contribution is 5.22. The van der Waals surface area contributed by atoms with Crippen molar-refractivity contribution in [2.75, 3.05) is 0 Å². The van der Waals surface area contributed by atoms with Gasteiger partial charge in [-0.1, -0.05) is 13.0 Å². The van der Waals surface area contributed by atoms with Crippen LogP contribution in [-0.2, 0) is 19.6 Å². The Labute approximate surface area is 71.7 Å². The van der Waals surface area contributed by atoms with Crippen LogP contribution in [0.5, 0.6) is 0 Å². The van der Waals surface area contributed by atoms with Crippen molar-refractivity contribution in [3.63, 3.8) is 0 Å². The van der Waals surface area contributed by atoms with Crippen molar-refractivity contribution in [1.82, 2.24) is 4.98 Å². The van der Waals surface area contributed by atoms with Gasteiger partial charge in [-0.2, -0.15) is 0 Å². The van der Waals surface area contributed by atoms with Crippen LogP contribution in [0.15, 0.2) is 12.1 Å². The number of aromatic nitrogens is 1. The lowest BCUT2D eigenvalue weighted by Gasteiger charge is -2.05. The standard InChI is InChI=1S/C9H13NO2/c1-2-7-3-4-8(5-11)10-9(7)6-12/h3-4,11-12H,2,5-6H2,1H3. The van der Waals surface area contributed by atoms with Gasteiger partial charge in [0.25, 0.3) is 0 Å². The largest absolute Gasteiger partial charge is 0.390 e. The van der Waals surface area contributed by atoms with Gasteiger partial charge in [-0.05, 0) is 18.1 Å². The molecular weight excluding hydrogens is 154 g/mol. The Bertz CT molecular complexity index is 261. The molecule has 0 amide bonds. The predicted molar refractivity (Wildman–Crippen MR) is 45.5 cm³/mol. The van der Waals surface area contributed by atoms with Crippen LogP contribution in [0.3, 0.4) is 0 Å². The summed E-state index contributed by atoms with van der Waals surface area (Å²) >= 11 is 0. The van der Waals surface area contributed by atoms with Gasteiger partial charge >= 0.3 is 0 Å². The quantitative estimate of drug-likeness (QED) is 0.694. The van der Waals surface area contributed by atoms with E-state index in [1.165, 1.54) is 0 Å². The molecule has 3 heteroatoms. The number of aliphatic hydroxyl groups is 2. The third-order valence-corrected chi connectivity index (χ3v) is 1.82. The Morgan fingerprint density at radius 1 is 1.25 bits per heavy atom. The molecule has 1 aromatic heterocycles. The molecule has 0 aliphatic heterocycles. The Kier molecular flexibility index (Phi) is 3.19. The van der Waals surface area contributed by atoms with E-state index >= 15 is 0 Å². The first kappa shape index (κ1) is 9.16. The van der Waals surface area contributed by atoms with Gasteiger partial charge in [0.2, 0.25) is 0 Å². The van der Waals surface area contributed by atoms with Crippen molar-refractivity contribution < 1.29 is 10.2 Å². The predicted octanol–water partition coefficient (Wildman–Crippen LogP) is 0.629. The fourth-order valence-electron chi connectivity index (χ4n) is 1.12. The van der Waals surface area contributed by atoms with Gasteiger partial charge in [0, 0.05) is 0 Å². The van der Waals surface area contributed by atoms with Gasteiger partial charge in [-0.25, -0.2) is 0 Å². The first-order chi connectivity index (χ1) is 5.81. The molecule has 1 rings (SSSR count). The fraction of sp³-hybridized carbons (Fsp3) is 0.444. The molecule has 0 fully saturated rings. The average molecular weight is 167 g/mol. The lowest BCUT2D eigenvalue weighted by atomic mass is 10.1. The van der Waals surface area contributed by atoms with Crippen molar-refractivity contribution >= 4 is 0 Å². The summed E-state index contributed by atoms with van der Waals surface area (Å²) in [5.41, 5.74) is 2.31. The van der Waals surface area contributed by atoms with Crippen LogP contribution in [0.2, 0.25) is 0 Å². The van der Waals surface area contributed by atoms with E-state index in [0.29, 0.717) is 11.4 Å². The minimum atomic E-state index is -0.0724. The van der Waals surface area contributed by atoms with E-state index in [4.69, 9.17) is 10.2 Å². The van der Waals surface area contributed by atoms with E-state index in [1.54, 1.807) is 6.07 Å². The minimum Gasteiger partial charge on any atom is -0.390 e. The molecule has 0 spiro atoms. The molecule has 0 aromatic carbocycles. The maximum atomic E-state index is 8.93. The lowest BCUT2D eigenvalue weighted by Crippen LogP contribution is -2.00. The molecule has 0 radical (unpaired) electrons. The molecule has 66 valence electrons. The second-order valence-electron chi connectivity index (χ2n) is 2.58. The molecule has 0 aliphatic rings. The monoisotopic (exact) mass is 167 g/mol. The fourth-order valence-corrected chi connectivity index (χ4v) is 1.12. The van der Waals surface area contributed by atoms with E-state index in [2.05, 4.69) is 4.98 Å². The molecular formula is C9H13NO2. The highest BCUT2D eigenvalue weighted by Crippen LogP contribution is 2.08. The zero-order valence-electron chi connectivity index (χ0n) is 7.12. The minimum absolute atomic E-state index is 0.0585. The van der Waals surface area contributed by atoms with Crippen LogP contribution >= 0.6 is 0 Å². The van der Waals surface area contributed by atoms with Crippen LogP contribution in [0.4, 0.5) is 0 Å². The molecule has 1 heterocycles. The molecule has 0 saturated carbocycles. The normalized spacial score (nSPS) is 10.2. The molecule has 0 saturated heterocycles. The maximum Gasteiger partial charge on any atom is 0.0855 e. The highest BCUT2D eigenvalue weighted by Gasteiger charge is 2.01. The Morgan fingerprint density at radius 3 is 2.50 bits per heavy atom. The van der Waals surface area contributed by atoms with Gasteiger partial charge in [0.15, 0.2) is 0 Å². The number of hydrogen-bond acceptors (Lipinski definition) is 3. The number of aliphatic hydroxyl groups excluding tert-OH is 2. The SMILES string of the molecule is CCc1ccc(CO)nc1CO. The van der Waals surface area contributed by atoms with Crippen molar-refractivity contribution in [3.05, 3.63) is 29.1 Å². The lowest BCUT2D eigenvalue weighted by molar-refractivity contribution is 0.264. The Balaban J connectivity index is 3.02. The highest BCUT2D eigenvalue weighted by atomic mass is 16.3. The summed E-state index contributed by atoms with van der Waals surface area (Å²) in [5, 5.41) is 17.7. The summed E-state index contributed by atoms with van der Waals surface area (Å²) in [4.78, 5) is 4.08. The Hall–Kier alpha value is -0.930. The summed E-state index contributed by atoms with van der Waals surface area (Å²) in [5.74, 6) is 0. The molecule has 0 aliphatic carbocycles. The molecule has 3 nitrogen and oxygen atoms in total. The topological polar surface area (TPSA) is 53.4 Å². The number of pyridine rings is 1. The Morgan fingerprint density at radius 2 is 2.00 bits per heavy atom. The molecule has 0 unspecified atom stereocenters. The third-order valence-electron chi connectivity index (χ3n) is 1.82. The molecule has 12 heavy (non-hydrogen) atoms. The zero-order valence-corrected chi connectivity index (χ0v) is 7.12. The van der Waals surface area contributed by atoms with Crippen LogP contribution in [0.1, 0.15) is 23.9 Å². The first-order valence-corrected chi connectivity index (χ1v) is 4.01. The summed E-state index contributed by atoms with van der Waals surface area (Å²) in [6.07, 6.45) is 0.856. The van der Waals surface area contributed by atoms with Crippen LogP contribution in [-0.4, -0.2) is 15.2 Å². The van der Waals surface area contributed by atoms with Crippen molar-refractivity contribution in [2.24, 2.45) is 0 Å². The molecule has 2 N–H and O–H groups in total. The first-order valence-electron chi connectivity index (χ1n) is 4.01.